The van der Waals surface area contributed by atoms with E-state index in [0.717, 1.165) is 29.8 Å². The van der Waals surface area contributed by atoms with E-state index in [4.69, 9.17) is 4.18 Å². The van der Waals surface area contributed by atoms with Gasteiger partial charge in [0, 0.05) is 0 Å². The van der Waals surface area contributed by atoms with Crippen LogP contribution in [-0.4, -0.2) is 20.1 Å². The molecule has 24 heavy (non-hydrogen) atoms. The number of alkyl halides is 3. The molecule has 2 rings (SSSR count). The topological polar surface area (TPSA) is 63.6 Å². The minimum absolute atomic E-state index is 0.0623. The summed E-state index contributed by atoms with van der Waals surface area (Å²) in [6.45, 7) is 1.20. The average Bonchev–Trinajstić information content (AvgIpc) is 2.52. The molecule has 1 N–H and O–H groups in total. The standard InChI is InChI=1S/C16H15F3O4S/c1-11-2-8-14(9-3-11)24(21,22)23-10-15(20)12-4-6-13(7-5-12)16(17,18)19/h2-9,15,20H,10H2,1H3. The van der Waals surface area contributed by atoms with Crippen molar-refractivity contribution >= 4 is 10.1 Å². The minimum Gasteiger partial charge on any atom is -0.386 e. The monoisotopic (exact) mass is 360 g/mol. The Morgan fingerprint density at radius 3 is 2.08 bits per heavy atom. The molecule has 4 nitrogen and oxygen atoms in total. The maximum atomic E-state index is 12.5. The molecule has 0 saturated carbocycles. The molecule has 1 unspecified atom stereocenters. The second kappa shape index (κ2) is 6.92. The summed E-state index contributed by atoms with van der Waals surface area (Å²) >= 11 is 0. The summed E-state index contributed by atoms with van der Waals surface area (Å²) in [5, 5.41) is 9.90. The van der Waals surface area contributed by atoms with Crippen molar-refractivity contribution < 1.29 is 30.9 Å². The molecule has 0 aliphatic carbocycles. The lowest BCUT2D eigenvalue weighted by Gasteiger charge is -2.13. The van der Waals surface area contributed by atoms with E-state index in [9.17, 15) is 26.7 Å². The van der Waals surface area contributed by atoms with E-state index in [1.165, 1.54) is 12.1 Å². The summed E-state index contributed by atoms with van der Waals surface area (Å²) in [7, 11) is -4.05. The van der Waals surface area contributed by atoms with Crippen molar-refractivity contribution in [2.24, 2.45) is 0 Å². The molecule has 8 heteroatoms. The van der Waals surface area contributed by atoms with Crippen molar-refractivity contribution in [2.45, 2.75) is 24.1 Å². The van der Waals surface area contributed by atoms with E-state index in [2.05, 4.69) is 0 Å². The van der Waals surface area contributed by atoms with Crippen LogP contribution in [0.15, 0.2) is 53.4 Å². The van der Waals surface area contributed by atoms with Gasteiger partial charge >= 0.3 is 6.18 Å². The molecule has 0 aromatic heterocycles. The van der Waals surface area contributed by atoms with Crippen LogP contribution < -0.4 is 0 Å². The highest BCUT2D eigenvalue weighted by Crippen LogP contribution is 2.30. The van der Waals surface area contributed by atoms with E-state index in [-0.39, 0.29) is 10.5 Å². The summed E-state index contributed by atoms with van der Waals surface area (Å²) in [5.74, 6) is 0. The van der Waals surface area contributed by atoms with Crippen LogP contribution >= 0.6 is 0 Å². The molecule has 0 saturated heterocycles. The van der Waals surface area contributed by atoms with Crippen LogP contribution in [0.1, 0.15) is 22.8 Å². The molecule has 1 atom stereocenters. The molecule has 0 amide bonds. The highest BCUT2D eigenvalue weighted by atomic mass is 32.2. The number of rotatable bonds is 5. The van der Waals surface area contributed by atoms with Gasteiger partial charge in [0.15, 0.2) is 0 Å². The molecule has 0 aliphatic heterocycles. The van der Waals surface area contributed by atoms with Crippen molar-refractivity contribution in [1.29, 1.82) is 0 Å². The fraction of sp³-hybridized carbons (Fsp3) is 0.250. The van der Waals surface area contributed by atoms with Crippen LogP contribution in [0.2, 0.25) is 0 Å². The predicted octanol–water partition coefficient (Wildman–Crippen LogP) is 3.45. The number of aliphatic hydroxyl groups is 1. The average molecular weight is 360 g/mol. The Hall–Kier alpha value is -1.90. The zero-order valence-electron chi connectivity index (χ0n) is 12.6. The van der Waals surface area contributed by atoms with Crippen molar-refractivity contribution in [1.82, 2.24) is 0 Å². The van der Waals surface area contributed by atoms with E-state index in [1.54, 1.807) is 19.1 Å². The third kappa shape index (κ3) is 4.56. The Kier molecular flexibility index (Phi) is 5.32. The first kappa shape index (κ1) is 18.4. The van der Waals surface area contributed by atoms with E-state index in [1.807, 2.05) is 0 Å². The SMILES string of the molecule is Cc1ccc(S(=O)(=O)OCC(O)c2ccc(C(F)(F)F)cc2)cc1. The summed E-state index contributed by atoms with van der Waals surface area (Å²) in [5.41, 5.74) is 0.146. The lowest BCUT2D eigenvalue weighted by molar-refractivity contribution is -0.137. The van der Waals surface area contributed by atoms with Gasteiger partial charge in [-0.15, -0.1) is 0 Å². The third-order valence-electron chi connectivity index (χ3n) is 3.31. The zero-order valence-corrected chi connectivity index (χ0v) is 13.4. The minimum atomic E-state index is -4.48. The highest BCUT2D eigenvalue weighted by molar-refractivity contribution is 7.86. The molecular weight excluding hydrogens is 345 g/mol. The first-order chi connectivity index (χ1) is 11.1. The number of hydrogen-bond acceptors (Lipinski definition) is 4. The van der Waals surface area contributed by atoms with E-state index in [0.29, 0.717) is 0 Å². The number of benzene rings is 2. The third-order valence-corrected chi connectivity index (χ3v) is 4.61. The van der Waals surface area contributed by atoms with Crippen LogP contribution in [-0.2, 0) is 20.5 Å². The van der Waals surface area contributed by atoms with Gasteiger partial charge in [-0.25, -0.2) is 0 Å². The highest BCUT2D eigenvalue weighted by Gasteiger charge is 2.30. The number of aryl methyl sites for hydroxylation is 1. The quantitative estimate of drug-likeness (QED) is 0.830. The van der Waals surface area contributed by atoms with Crippen LogP contribution in [0.5, 0.6) is 0 Å². The fourth-order valence-electron chi connectivity index (χ4n) is 1.92. The number of aliphatic hydroxyl groups excluding tert-OH is 1. The molecule has 0 fully saturated rings. The molecule has 2 aromatic carbocycles. The van der Waals surface area contributed by atoms with E-state index >= 15 is 0 Å². The van der Waals surface area contributed by atoms with Gasteiger partial charge in [0.1, 0.15) is 6.10 Å². The van der Waals surface area contributed by atoms with Crippen molar-refractivity contribution in [3.63, 3.8) is 0 Å². The van der Waals surface area contributed by atoms with Gasteiger partial charge in [0.2, 0.25) is 0 Å². The second-order valence-corrected chi connectivity index (χ2v) is 6.80. The van der Waals surface area contributed by atoms with Crippen LogP contribution in [0.25, 0.3) is 0 Å². The zero-order chi connectivity index (χ0) is 18.0. The normalized spacial score (nSPS) is 13.7. The predicted molar refractivity (Wildman–Crippen MR) is 80.7 cm³/mol. The Balaban J connectivity index is 2.04. The maximum absolute atomic E-state index is 12.5. The van der Waals surface area contributed by atoms with Crippen molar-refractivity contribution in [3.8, 4) is 0 Å². The molecular formula is C16H15F3O4S. The van der Waals surface area contributed by atoms with Crippen LogP contribution in [0.3, 0.4) is 0 Å². The van der Waals surface area contributed by atoms with Gasteiger partial charge in [0.25, 0.3) is 10.1 Å². The van der Waals surface area contributed by atoms with Crippen LogP contribution in [0.4, 0.5) is 13.2 Å². The van der Waals surface area contributed by atoms with Crippen molar-refractivity contribution in [2.75, 3.05) is 6.61 Å². The molecule has 0 aliphatic rings. The molecule has 0 bridgehead atoms. The van der Waals surface area contributed by atoms with Gasteiger partial charge in [-0.1, -0.05) is 29.8 Å². The van der Waals surface area contributed by atoms with Crippen molar-refractivity contribution in [3.05, 3.63) is 65.2 Å². The summed E-state index contributed by atoms with van der Waals surface area (Å²) in [6, 6.07) is 9.72. The molecule has 2 aromatic rings. The molecule has 0 radical (unpaired) electrons. The molecule has 0 heterocycles. The smallest absolute Gasteiger partial charge is 0.386 e. The summed E-state index contributed by atoms with van der Waals surface area (Å²) in [4.78, 5) is -0.0623. The summed E-state index contributed by atoms with van der Waals surface area (Å²) < 4.78 is 66.2. The molecule has 130 valence electrons. The largest absolute Gasteiger partial charge is 0.416 e. The Morgan fingerprint density at radius 2 is 1.58 bits per heavy atom. The van der Waals surface area contributed by atoms with E-state index < -0.39 is 34.6 Å². The Morgan fingerprint density at radius 1 is 1.04 bits per heavy atom. The second-order valence-electron chi connectivity index (χ2n) is 5.19. The van der Waals surface area contributed by atoms with Gasteiger partial charge in [-0.3, -0.25) is 4.18 Å². The Bertz CT molecular complexity index is 782. The molecule has 0 spiro atoms. The summed E-state index contributed by atoms with van der Waals surface area (Å²) in [6.07, 6.45) is -5.85. The number of halogens is 3. The maximum Gasteiger partial charge on any atom is 0.416 e. The van der Waals surface area contributed by atoms with Gasteiger partial charge in [0.05, 0.1) is 17.1 Å². The lowest BCUT2D eigenvalue weighted by Crippen LogP contribution is -2.14. The number of hydrogen-bond donors (Lipinski definition) is 1. The Labute approximate surface area is 137 Å². The lowest BCUT2D eigenvalue weighted by atomic mass is 10.1. The van der Waals surface area contributed by atoms with Gasteiger partial charge < -0.3 is 5.11 Å². The van der Waals surface area contributed by atoms with Crippen LogP contribution in [0, 0.1) is 6.92 Å². The first-order valence-electron chi connectivity index (χ1n) is 6.91. The fourth-order valence-corrected chi connectivity index (χ4v) is 2.83. The van der Waals surface area contributed by atoms with Gasteiger partial charge in [-0.2, -0.15) is 21.6 Å². The first-order valence-corrected chi connectivity index (χ1v) is 8.32. The van der Waals surface area contributed by atoms with Gasteiger partial charge in [-0.05, 0) is 36.8 Å².